The van der Waals surface area contributed by atoms with Crippen molar-refractivity contribution in [1.82, 2.24) is 4.90 Å². The van der Waals surface area contributed by atoms with Gasteiger partial charge in [-0.05, 0) is 25.2 Å². The van der Waals surface area contributed by atoms with E-state index in [1.54, 1.807) is 11.0 Å². The molecule has 0 bridgehead atoms. The molecule has 1 amide bonds. The first-order valence-corrected chi connectivity index (χ1v) is 6.63. The van der Waals surface area contributed by atoms with Gasteiger partial charge in [-0.1, -0.05) is 19.9 Å². The third kappa shape index (κ3) is 4.17. The molecule has 0 aromatic rings. The zero-order valence-electron chi connectivity index (χ0n) is 11.4. The summed E-state index contributed by atoms with van der Waals surface area (Å²) in [5, 5.41) is 0. The van der Waals surface area contributed by atoms with Crippen molar-refractivity contribution in [2.24, 2.45) is 5.92 Å². The molecule has 0 saturated carbocycles. The van der Waals surface area contributed by atoms with Crippen LogP contribution in [0.2, 0.25) is 0 Å². The summed E-state index contributed by atoms with van der Waals surface area (Å²) in [4.78, 5) is 25.5. The number of hydrogen-bond donors (Lipinski definition) is 0. The molecule has 0 aromatic carbocycles. The van der Waals surface area contributed by atoms with Crippen molar-refractivity contribution in [2.45, 2.75) is 45.6 Å². The topological polar surface area (TPSA) is 46.6 Å². The summed E-state index contributed by atoms with van der Waals surface area (Å²) in [6, 6.07) is -0.374. The molecule has 1 saturated heterocycles. The molecule has 1 heterocycles. The summed E-state index contributed by atoms with van der Waals surface area (Å²) in [6.45, 7) is 8.67. The standard InChI is InChI=1S/C14H23NO3/c1-4-5-8-13(16)15-9-6-7-12(15)14(17)18-10-11(2)3/h4,11-12H,1,5-10H2,2-3H3. The van der Waals surface area contributed by atoms with E-state index in [0.717, 1.165) is 12.8 Å². The van der Waals surface area contributed by atoms with Gasteiger partial charge in [0, 0.05) is 13.0 Å². The average molecular weight is 253 g/mol. The van der Waals surface area contributed by atoms with Gasteiger partial charge < -0.3 is 9.64 Å². The van der Waals surface area contributed by atoms with Crippen LogP contribution in [-0.2, 0) is 14.3 Å². The summed E-state index contributed by atoms with van der Waals surface area (Å²) in [7, 11) is 0. The number of amides is 1. The summed E-state index contributed by atoms with van der Waals surface area (Å²) < 4.78 is 5.22. The largest absolute Gasteiger partial charge is 0.464 e. The number of ether oxygens (including phenoxy) is 1. The molecular weight excluding hydrogens is 230 g/mol. The van der Waals surface area contributed by atoms with Crippen LogP contribution in [0.15, 0.2) is 12.7 Å². The number of esters is 1. The van der Waals surface area contributed by atoms with Crippen molar-refractivity contribution in [1.29, 1.82) is 0 Å². The summed E-state index contributed by atoms with van der Waals surface area (Å²) in [5.41, 5.74) is 0. The smallest absolute Gasteiger partial charge is 0.328 e. The Bertz CT molecular complexity index is 312. The minimum Gasteiger partial charge on any atom is -0.464 e. The van der Waals surface area contributed by atoms with Gasteiger partial charge >= 0.3 is 5.97 Å². The summed E-state index contributed by atoms with van der Waals surface area (Å²) in [5.74, 6) is 0.0901. The lowest BCUT2D eigenvalue weighted by Gasteiger charge is -2.23. The fourth-order valence-corrected chi connectivity index (χ4v) is 2.02. The third-order valence-electron chi connectivity index (χ3n) is 2.97. The average Bonchev–Trinajstić information content (AvgIpc) is 2.82. The third-order valence-corrected chi connectivity index (χ3v) is 2.97. The van der Waals surface area contributed by atoms with E-state index < -0.39 is 0 Å². The van der Waals surface area contributed by atoms with Crippen LogP contribution in [0.4, 0.5) is 0 Å². The van der Waals surface area contributed by atoms with Gasteiger partial charge in [-0.15, -0.1) is 6.58 Å². The fraction of sp³-hybridized carbons (Fsp3) is 0.714. The van der Waals surface area contributed by atoms with Crippen molar-refractivity contribution in [3.63, 3.8) is 0 Å². The van der Waals surface area contributed by atoms with E-state index in [0.29, 0.717) is 31.9 Å². The van der Waals surface area contributed by atoms with Gasteiger partial charge in [0.25, 0.3) is 0 Å². The van der Waals surface area contributed by atoms with E-state index in [2.05, 4.69) is 6.58 Å². The lowest BCUT2D eigenvalue weighted by atomic mass is 10.2. The Morgan fingerprint density at radius 1 is 1.50 bits per heavy atom. The highest BCUT2D eigenvalue weighted by Gasteiger charge is 2.34. The highest BCUT2D eigenvalue weighted by molar-refractivity contribution is 5.85. The molecule has 1 aliphatic rings. The van der Waals surface area contributed by atoms with Gasteiger partial charge in [-0.25, -0.2) is 4.79 Å². The van der Waals surface area contributed by atoms with E-state index >= 15 is 0 Å². The molecule has 4 nitrogen and oxygen atoms in total. The van der Waals surface area contributed by atoms with Crippen LogP contribution in [0.25, 0.3) is 0 Å². The maximum Gasteiger partial charge on any atom is 0.328 e. The highest BCUT2D eigenvalue weighted by atomic mass is 16.5. The molecule has 0 N–H and O–H groups in total. The second-order valence-corrected chi connectivity index (χ2v) is 5.10. The van der Waals surface area contributed by atoms with E-state index in [-0.39, 0.29) is 17.9 Å². The molecular formula is C14H23NO3. The number of rotatable bonds is 6. The molecule has 1 fully saturated rings. The molecule has 1 rings (SSSR count). The van der Waals surface area contributed by atoms with Crippen LogP contribution in [0.1, 0.15) is 39.5 Å². The molecule has 18 heavy (non-hydrogen) atoms. The monoisotopic (exact) mass is 253 g/mol. The summed E-state index contributed by atoms with van der Waals surface area (Å²) in [6.07, 6.45) is 4.40. The fourth-order valence-electron chi connectivity index (χ4n) is 2.02. The van der Waals surface area contributed by atoms with Gasteiger partial charge in [-0.3, -0.25) is 4.79 Å². The van der Waals surface area contributed by atoms with Crippen molar-refractivity contribution in [2.75, 3.05) is 13.2 Å². The Hall–Kier alpha value is -1.32. The number of nitrogens with zero attached hydrogens (tertiary/aromatic N) is 1. The Labute approximate surface area is 109 Å². The molecule has 0 spiro atoms. The number of hydrogen-bond acceptors (Lipinski definition) is 3. The first-order valence-electron chi connectivity index (χ1n) is 6.63. The van der Waals surface area contributed by atoms with Crippen molar-refractivity contribution in [3.05, 3.63) is 12.7 Å². The van der Waals surface area contributed by atoms with Crippen LogP contribution in [0, 0.1) is 5.92 Å². The Morgan fingerprint density at radius 3 is 2.83 bits per heavy atom. The quantitative estimate of drug-likeness (QED) is 0.538. The normalized spacial score (nSPS) is 19.1. The molecule has 0 radical (unpaired) electrons. The van der Waals surface area contributed by atoms with Crippen LogP contribution in [-0.4, -0.2) is 36.0 Å². The maximum atomic E-state index is 11.9. The Balaban J connectivity index is 2.50. The van der Waals surface area contributed by atoms with Gasteiger partial charge in [0.1, 0.15) is 6.04 Å². The molecule has 102 valence electrons. The summed E-state index contributed by atoms with van der Waals surface area (Å²) >= 11 is 0. The first kappa shape index (κ1) is 14.7. The zero-order valence-corrected chi connectivity index (χ0v) is 11.4. The zero-order chi connectivity index (χ0) is 13.5. The van der Waals surface area contributed by atoms with Crippen LogP contribution < -0.4 is 0 Å². The predicted octanol–water partition coefficient (Wildman–Crippen LogP) is 2.14. The number of allylic oxidation sites excluding steroid dienone is 1. The lowest BCUT2D eigenvalue weighted by molar-refractivity contribution is -0.154. The van der Waals surface area contributed by atoms with Gasteiger partial charge in [0.2, 0.25) is 5.91 Å². The maximum absolute atomic E-state index is 11.9. The Morgan fingerprint density at radius 2 is 2.22 bits per heavy atom. The SMILES string of the molecule is C=CCCC(=O)N1CCCC1C(=O)OCC(C)C. The first-order chi connectivity index (χ1) is 8.56. The minimum absolute atomic E-state index is 0.0268. The minimum atomic E-state index is -0.374. The van der Waals surface area contributed by atoms with Crippen LogP contribution >= 0.6 is 0 Å². The van der Waals surface area contributed by atoms with Gasteiger partial charge in [-0.2, -0.15) is 0 Å². The second kappa shape index (κ2) is 7.19. The molecule has 0 aromatic heterocycles. The molecule has 1 aliphatic heterocycles. The molecule has 0 aliphatic carbocycles. The molecule has 1 atom stereocenters. The number of likely N-dealkylation sites (tertiary alicyclic amines) is 1. The predicted molar refractivity (Wildman–Crippen MR) is 70.0 cm³/mol. The Kier molecular flexibility index (Phi) is 5.89. The van der Waals surface area contributed by atoms with Crippen molar-refractivity contribution < 1.29 is 14.3 Å². The van der Waals surface area contributed by atoms with Crippen LogP contribution in [0.3, 0.4) is 0 Å². The van der Waals surface area contributed by atoms with E-state index in [9.17, 15) is 9.59 Å². The van der Waals surface area contributed by atoms with Crippen molar-refractivity contribution in [3.8, 4) is 0 Å². The van der Waals surface area contributed by atoms with Gasteiger partial charge in [0.15, 0.2) is 0 Å². The number of carbonyl (C=O) groups excluding carboxylic acids is 2. The molecule has 1 unspecified atom stereocenters. The number of carbonyl (C=O) groups is 2. The van der Waals surface area contributed by atoms with Gasteiger partial charge in [0.05, 0.1) is 6.61 Å². The van der Waals surface area contributed by atoms with E-state index in [1.165, 1.54) is 0 Å². The lowest BCUT2D eigenvalue weighted by Crippen LogP contribution is -2.41. The van der Waals surface area contributed by atoms with E-state index in [4.69, 9.17) is 4.74 Å². The van der Waals surface area contributed by atoms with Crippen LogP contribution in [0.5, 0.6) is 0 Å². The molecule has 4 heteroatoms. The van der Waals surface area contributed by atoms with E-state index in [1.807, 2.05) is 13.8 Å². The second-order valence-electron chi connectivity index (χ2n) is 5.10. The highest BCUT2D eigenvalue weighted by Crippen LogP contribution is 2.20. The van der Waals surface area contributed by atoms with Crippen molar-refractivity contribution >= 4 is 11.9 Å².